The summed E-state index contributed by atoms with van der Waals surface area (Å²) in [6, 6.07) is 18.8. The Morgan fingerprint density at radius 3 is 1.37 bits per heavy atom. The van der Waals surface area contributed by atoms with Gasteiger partial charge in [-0.2, -0.15) is 36.9 Å². The van der Waals surface area contributed by atoms with Crippen LogP contribution in [0.2, 0.25) is 0 Å². The number of hydrogen-bond acceptors (Lipinski definition) is 11. The number of rotatable bonds is 18. The zero-order valence-electron chi connectivity index (χ0n) is 42.3. The molecular formula is C53H51F6N11O8. The van der Waals surface area contributed by atoms with E-state index in [1.165, 1.54) is 88.4 Å². The van der Waals surface area contributed by atoms with Crippen LogP contribution in [0.15, 0.2) is 125 Å². The number of guanidine groups is 1. The molecule has 0 bridgehead atoms. The van der Waals surface area contributed by atoms with Crippen LogP contribution in [0.25, 0.3) is 0 Å². The molecule has 25 heteroatoms. The van der Waals surface area contributed by atoms with Gasteiger partial charge >= 0.3 is 36.4 Å². The molecule has 4 aromatic rings. The minimum Gasteiger partial charge on any atom is -0.463 e. The van der Waals surface area contributed by atoms with Crippen LogP contribution in [0.4, 0.5) is 47.3 Å². The van der Waals surface area contributed by atoms with Crippen molar-refractivity contribution >= 4 is 53.1 Å². The lowest BCUT2D eigenvalue weighted by Gasteiger charge is -2.42. The number of ether oxygens (including phenoxy) is 2. The second-order valence-corrected chi connectivity index (χ2v) is 17.2. The lowest BCUT2D eigenvalue weighted by Crippen LogP contribution is -2.54. The van der Waals surface area contributed by atoms with E-state index < -0.39 is 84.5 Å². The van der Waals surface area contributed by atoms with Crippen LogP contribution in [0.5, 0.6) is 0 Å². The molecular weight excluding hydrogens is 1030 g/mol. The Bertz CT molecular complexity index is 3130. The fraction of sp³-hybridized carbons (Fsp3) is 0.302. The van der Waals surface area contributed by atoms with Gasteiger partial charge < -0.3 is 41.0 Å². The molecule has 2 aliphatic heterocycles. The number of nitrogens with two attached hydrogens (primary N) is 1. The molecule has 19 nitrogen and oxygen atoms in total. The summed E-state index contributed by atoms with van der Waals surface area (Å²) in [4.78, 5) is 91.3. The monoisotopic (exact) mass is 1080 g/mol. The van der Waals surface area contributed by atoms with Crippen LogP contribution >= 0.6 is 0 Å². The number of carbonyl (C=O) groups excluding carboxylic acids is 6. The highest BCUT2D eigenvalue weighted by Gasteiger charge is 2.46. The van der Waals surface area contributed by atoms with Gasteiger partial charge in [0, 0.05) is 31.0 Å². The molecule has 0 aromatic heterocycles. The van der Waals surface area contributed by atoms with E-state index in [4.69, 9.17) is 15.2 Å². The van der Waals surface area contributed by atoms with Crippen LogP contribution in [0.1, 0.15) is 73.2 Å². The summed E-state index contributed by atoms with van der Waals surface area (Å²) < 4.78 is 93.9. The van der Waals surface area contributed by atoms with Gasteiger partial charge in [0.1, 0.15) is 13.1 Å². The first-order valence-corrected chi connectivity index (χ1v) is 23.9. The second-order valence-electron chi connectivity index (χ2n) is 17.2. The van der Waals surface area contributed by atoms with Gasteiger partial charge in [-0.3, -0.25) is 24.4 Å². The van der Waals surface area contributed by atoms with Gasteiger partial charge in [0.25, 0.3) is 0 Å². The summed E-state index contributed by atoms with van der Waals surface area (Å²) in [5.74, 6) is -3.51. The van der Waals surface area contributed by atoms with Crippen LogP contribution in [-0.2, 0) is 41.0 Å². The van der Waals surface area contributed by atoms with Crippen molar-refractivity contribution in [2.45, 2.75) is 52.1 Å². The normalized spacial score (nSPS) is 16.1. The van der Waals surface area contributed by atoms with E-state index in [0.717, 1.165) is 56.0 Å². The molecule has 0 radical (unpaired) electrons. The van der Waals surface area contributed by atoms with E-state index >= 15 is 0 Å². The number of nitrogens with zero attached hydrogens (tertiary/aromatic N) is 7. The van der Waals surface area contributed by atoms with E-state index in [9.17, 15) is 65.6 Å². The van der Waals surface area contributed by atoms with E-state index in [1.54, 1.807) is 0 Å². The van der Waals surface area contributed by atoms with Crippen molar-refractivity contribution in [3.63, 3.8) is 0 Å². The van der Waals surface area contributed by atoms with Crippen LogP contribution < -0.4 is 31.5 Å². The van der Waals surface area contributed by atoms with E-state index in [-0.39, 0.29) is 102 Å². The number of nitrogens with one attached hydrogen (secondary N) is 3. The number of hydrogen-bond donors (Lipinski definition) is 4. The van der Waals surface area contributed by atoms with Crippen LogP contribution in [-0.4, -0.2) is 104 Å². The molecule has 0 aliphatic carbocycles. The third-order valence-corrected chi connectivity index (χ3v) is 12.2. The summed E-state index contributed by atoms with van der Waals surface area (Å²) >= 11 is 0. The first-order valence-electron chi connectivity index (χ1n) is 23.9. The van der Waals surface area contributed by atoms with Crippen molar-refractivity contribution in [2.24, 2.45) is 10.7 Å². The number of halogens is 6. The van der Waals surface area contributed by atoms with Crippen molar-refractivity contribution < 1.29 is 64.6 Å². The summed E-state index contributed by atoms with van der Waals surface area (Å²) in [6.45, 7) is 3.63. The molecule has 2 atom stereocenters. The van der Waals surface area contributed by atoms with Crippen molar-refractivity contribution in [1.29, 1.82) is 10.5 Å². The molecule has 0 saturated heterocycles. The Morgan fingerprint density at radius 2 is 1.00 bits per heavy atom. The fourth-order valence-electron chi connectivity index (χ4n) is 8.63. The standard InChI is InChI=1S/C53H51F6N11O8/c1-5-77-47(73)43-31(3)69(39-11-7-9-37(25-39)52(54,55)56)50(75)67(45(43)35-17-13-33(27-60)14-18-35)29-41(71)63-21-23-65-49(62)66-24-22-64-42(72)30-68-46(36-19-15-34(28-61)16-20-36)44(48(74)78-6-2)32(4)70(51(68)76)40-12-8-10-38(26-40)53(57,58)59/h7-20,25-26,45-46H,5-6,21-24,29-30H2,1-4H3,(H,63,71)(H,64,72)(H3,62,65,66)/t45-,46-/m1/s1. The summed E-state index contributed by atoms with van der Waals surface area (Å²) in [7, 11) is 0. The molecule has 78 heavy (non-hydrogen) atoms. The average Bonchev–Trinajstić information content (AvgIpc) is 3.42. The Kier molecular flexibility index (Phi) is 18.5. The predicted molar refractivity (Wildman–Crippen MR) is 269 cm³/mol. The Hall–Kier alpha value is -9.39. The summed E-state index contributed by atoms with van der Waals surface area (Å²) in [6.07, 6.45) is -9.58. The number of esters is 2. The van der Waals surface area contributed by atoms with Crippen molar-refractivity contribution in [1.82, 2.24) is 25.8 Å². The number of urea groups is 2. The van der Waals surface area contributed by atoms with Gasteiger partial charge in [-0.15, -0.1) is 0 Å². The molecule has 6 amide bonds. The molecule has 0 saturated carbocycles. The van der Waals surface area contributed by atoms with Crippen molar-refractivity contribution in [3.8, 4) is 12.1 Å². The summed E-state index contributed by atoms with van der Waals surface area (Å²) in [5, 5.41) is 26.8. The first kappa shape index (κ1) is 57.9. The Labute approximate surface area is 443 Å². The maximum absolute atomic E-state index is 14.4. The quantitative estimate of drug-likeness (QED) is 0.0260. The molecule has 2 heterocycles. The van der Waals surface area contributed by atoms with Gasteiger partial charge in [-0.05, 0) is 99.5 Å². The molecule has 2 aliphatic rings. The number of amides is 6. The topological polar surface area (TPSA) is 256 Å². The van der Waals surface area contributed by atoms with Crippen LogP contribution in [0.3, 0.4) is 0 Å². The average molecular weight is 1080 g/mol. The zero-order valence-corrected chi connectivity index (χ0v) is 42.3. The lowest BCUT2D eigenvalue weighted by atomic mass is 9.92. The molecule has 5 N–H and O–H groups in total. The lowest BCUT2D eigenvalue weighted by molar-refractivity contribution is -0.140. The van der Waals surface area contributed by atoms with E-state index in [0.29, 0.717) is 0 Å². The van der Waals surface area contributed by atoms with E-state index in [2.05, 4.69) is 20.9 Å². The number of nitriles is 2. The number of carbonyl (C=O) groups is 6. The highest BCUT2D eigenvalue weighted by molar-refractivity contribution is 6.06. The van der Waals surface area contributed by atoms with Gasteiger partial charge in [0.05, 0.1) is 88.8 Å². The maximum Gasteiger partial charge on any atom is 0.416 e. The number of aliphatic imine (C=N–C) groups is 1. The van der Waals surface area contributed by atoms with Gasteiger partial charge in [0.15, 0.2) is 5.96 Å². The van der Waals surface area contributed by atoms with Crippen molar-refractivity contribution in [3.05, 3.63) is 153 Å². The highest BCUT2D eigenvalue weighted by Crippen LogP contribution is 2.43. The van der Waals surface area contributed by atoms with Gasteiger partial charge in [-0.25, -0.2) is 19.2 Å². The zero-order chi connectivity index (χ0) is 57.1. The third-order valence-electron chi connectivity index (χ3n) is 12.2. The number of anilines is 2. The minimum absolute atomic E-state index is 0.0458. The maximum atomic E-state index is 14.4. The fourth-order valence-corrected chi connectivity index (χ4v) is 8.63. The first-order chi connectivity index (χ1) is 37.0. The minimum atomic E-state index is -4.79. The predicted octanol–water partition coefficient (Wildman–Crippen LogP) is 6.95. The molecule has 0 unspecified atom stereocenters. The summed E-state index contributed by atoms with van der Waals surface area (Å²) in [5.41, 5.74) is 4.00. The SMILES string of the molecule is CCOC(=O)C1=C(C)N(c2cccc(C(F)(F)F)c2)C(=O)N(CC(=O)NCCN=C(N)NCCNC(=O)CN2C(=O)N(c3cccc(C(F)(F)F)c3)C(C)=C(C(=O)OCC)[C@H]2c2ccc(C#N)cc2)[C@@H]1c1ccc(C#N)cc1. The number of allylic oxidation sites excluding steroid dienone is 2. The highest BCUT2D eigenvalue weighted by atomic mass is 19.4. The molecule has 408 valence electrons. The Morgan fingerprint density at radius 1 is 0.615 bits per heavy atom. The van der Waals surface area contributed by atoms with Gasteiger partial charge in [-0.1, -0.05) is 36.4 Å². The van der Waals surface area contributed by atoms with Crippen molar-refractivity contribution in [2.75, 3.05) is 62.3 Å². The molecule has 0 fully saturated rings. The molecule has 6 rings (SSSR count). The number of benzene rings is 4. The Balaban J connectivity index is 1.13. The second kappa shape index (κ2) is 25.0. The van der Waals surface area contributed by atoms with Crippen LogP contribution in [0, 0.1) is 22.7 Å². The molecule has 4 aromatic carbocycles. The third kappa shape index (κ3) is 13.3. The van der Waals surface area contributed by atoms with E-state index in [1.807, 2.05) is 12.1 Å². The smallest absolute Gasteiger partial charge is 0.416 e. The van der Waals surface area contributed by atoms with Gasteiger partial charge in [0.2, 0.25) is 11.8 Å². The number of alkyl halides is 6. The molecule has 0 spiro atoms. The largest absolute Gasteiger partial charge is 0.463 e.